The van der Waals surface area contributed by atoms with Crippen molar-refractivity contribution in [1.29, 1.82) is 0 Å². The Kier molecular flexibility index (Phi) is 5.12. The third-order valence-electron chi connectivity index (χ3n) is 4.66. The van der Waals surface area contributed by atoms with Crippen molar-refractivity contribution in [3.05, 3.63) is 77.4 Å². The number of halogens is 2. The maximum atomic E-state index is 13.4. The number of nitrogens with zero attached hydrogens (tertiary/aromatic N) is 2. The number of ketones is 1. The van der Waals surface area contributed by atoms with E-state index < -0.39 is 17.4 Å². The highest BCUT2D eigenvalue weighted by molar-refractivity contribution is 6.07. The first-order valence-electron chi connectivity index (χ1n) is 9.02. The van der Waals surface area contributed by atoms with Crippen LogP contribution in [0.2, 0.25) is 0 Å². The number of hydrogen-bond donors (Lipinski definition) is 0. The smallest absolute Gasteiger partial charge is 0.185 e. The van der Waals surface area contributed by atoms with Crippen molar-refractivity contribution in [2.75, 3.05) is 31.2 Å². The quantitative estimate of drug-likeness (QED) is 0.501. The minimum atomic E-state index is -1.04. The summed E-state index contributed by atoms with van der Waals surface area (Å²) in [5.41, 5.74) is 1.75. The number of anilines is 1. The standard InChI is InChI=1S/C22H18F2N2O2/c23-18-7-5-16(14-19(18)24)21(27)8-6-17-13-15-3-1-2-4-20(15)25-22(17)26-9-11-28-12-10-26/h1-8,13-14H,9-12H2/b8-6-. The average Bonchev–Trinajstić information content (AvgIpc) is 2.74. The van der Waals surface area contributed by atoms with Gasteiger partial charge in [0.15, 0.2) is 17.4 Å². The van der Waals surface area contributed by atoms with Gasteiger partial charge in [0, 0.05) is 29.6 Å². The van der Waals surface area contributed by atoms with E-state index in [1.807, 2.05) is 30.3 Å². The second kappa shape index (κ2) is 7.86. The highest BCUT2D eigenvalue weighted by atomic mass is 19.2. The van der Waals surface area contributed by atoms with E-state index in [2.05, 4.69) is 4.90 Å². The molecule has 1 aromatic heterocycles. The summed E-state index contributed by atoms with van der Waals surface area (Å²) in [6, 6.07) is 12.9. The van der Waals surface area contributed by atoms with E-state index >= 15 is 0 Å². The lowest BCUT2D eigenvalue weighted by molar-refractivity contribution is 0.104. The second-order valence-electron chi connectivity index (χ2n) is 6.52. The van der Waals surface area contributed by atoms with Crippen molar-refractivity contribution in [1.82, 2.24) is 4.98 Å². The Labute approximate surface area is 161 Å². The van der Waals surface area contributed by atoms with Gasteiger partial charge in [-0.3, -0.25) is 4.79 Å². The Bertz CT molecular complexity index is 1060. The number of carbonyl (C=O) groups is 1. The Hall–Kier alpha value is -3.12. The maximum Gasteiger partial charge on any atom is 0.185 e. The van der Waals surface area contributed by atoms with E-state index in [1.165, 1.54) is 12.1 Å². The van der Waals surface area contributed by atoms with E-state index in [0.717, 1.165) is 34.4 Å². The van der Waals surface area contributed by atoms with Gasteiger partial charge in [-0.15, -0.1) is 0 Å². The normalized spacial score (nSPS) is 14.7. The zero-order valence-corrected chi connectivity index (χ0v) is 15.1. The van der Waals surface area contributed by atoms with Crippen molar-refractivity contribution < 1.29 is 18.3 Å². The van der Waals surface area contributed by atoms with E-state index in [-0.39, 0.29) is 5.56 Å². The highest BCUT2D eigenvalue weighted by Gasteiger charge is 2.16. The molecular weight excluding hydrogens is 362 g/mol. The van der Waals surface area contributed by atoms with Crippen LogP contribution in [-0.4, -0.2) is 37.1 Å². The van der Waals surface area contributed by atoms with E-state index in [9.17, 15) is 13.6 Å². The molecule has 0 radical (unpaired) electrons. The van der Waals surface area contributed by atoms with Crippen molar-refractivity contribution >= 4 is 28.6 Å². The van der Waals surface area contributed by atoms with Crippen molar-refractivity contribution in [3.63, 3.8) is 0 Å². The van der Waals surface area contributed by atoms with E-state index in [1.54, 1.807) is 6.08 Å². The Morgan fingerprint density at radius 1 is 1.04 bits per heavy atom. The highest BCUT2D eigenvalue weighted by Crippen LogP contribution is 2.26. The molecule has 0 amide bonds. The molecule has 1 aliphatic heterocycles. The van der Waals surface area contributed by atoms with Crippen molar-refractivity contribution in [2.45, 2.75) is 0 Å². The molecule has 0 atom stereocenters. The number of rotatable bonds is 4. The Morgan fingerprint density at radius 2 is 1.82 bits per heavy atom. The number of morpholine rings is 1. The molecule has 2 heterocycles. The van der Waals surface area contributed by atoms with Crippen LogP contribution in [0.15, 0.2) is 54.6 Å². The molecule has 4 nitrogen and oxygen atoms in total. The SMILES string of the molecule is O=C(/C=C\c1cc2ccccc2nc1N1CCOCC1)c1ccc(F)c(F)c1. The summed E-state index contributed by atoms with van der Waals surface area (Å²) in [5.74, 6) is -1.65. The fraction of sp³-hybridized carbons (Fsp3) is 0.182. The van der Waals surface area contributed by atoms with Crippen LogP contribution in [0.4, 0.5) is 14.6 Å². The van der Waals surface area contributed by atoms with Gasteiger partial charge in [0.1, 0.15) is 5.82 Å². The summed E-state index contributed by atoms with van der Waals surface area (Å²) in [6.07, 6.45) is 3.04. The predicted octanol–water partition coefficient (Wildman–Crippen LogP) is 4.25. The zero-order valence-electron chi connectivity index (χ0n) is 15.1. The topological polar surface area (TPSA) is 42.4 Å². The summed E-state index contributed by atoms with van der Waals surface area (Å²) in [7, 11) is 0. The Morgan fingerprint density at radius 3 is 2.61 bits per heavy atom. The fourth-order valence-electron chi connectivity index (χ4n) is 3.18. The van der Waals surface area contributed by atoms with Gasteiger partial charge in [0.25, 0.3) is 0 Å². The summed E-state index contributed by atoms with van der Waals surface area (Å²) in [4.78, 5) is 19.3. The van der Waals surface area contributed by atoms with Crippen molar-refractivity contribution in [2.24, 2.45) is 0 Å². The first-order valence-corrected chi connectivity index (χ1v) is 9.02. The number of carbonyl (C=O) groups excluding carboxylic acids is 1. The molecule has 6 heteroatoms. The number of benzene rings is 2. The van der Waals surface area contributed by atoms with Crippen LogP contribution in [0.5, 0.6) is 0 Å². The third-order valence-corrected chi connectivity index (χ3v) is 4.66. The molecular formula is C22H18F2N2O2. The third kappa shape index (κ3) is 3.77. The maximum absolute atomic E-state index is 13.4. The number of hydrogen-bond acceptors (Lipinski definition) is 4. The number of ether oxygens (including phenoxy) is 1. The molecule has 1 saturated heterocycles. The summed E-state index contributed by atoms with van der Waals surface area (Å²) < 4.78 is 31.9. The molecule has 142 valence electrons. The first-order chi connectivity index (χ1) is 13.6. The molecule has 0 saturated carbocycles. The minimum Gasteiger partial charge on any atom is -0.378 e. The lowest BCUT2D eigenvalue weighted by atomic mass is 10.1. The van der Waals surface area contributed by atoms with Gasteiger partial charge in [-0.05, 0) is 42.5 Å². The van der Waals surface area contributed by atoms with Crippen LogP contribution in [0.1, 0.15) is 15.9 Å². The molecule has 28 heavy (non-hydrogen) atoms. The number of fused-ring (bicyclic) bond motifs is 1. The van der Waals surface area contributed by atoms with Crippen LogP contribution in [-0.2, 0) is 4.74 Å². The molecule has 0 N–H and O–H groups in total. The largest absolute Gasteiger partial charge is 0.378 e. The summed E-state index contributed by atoms with van der Waals surface area (Å²) in [6.45, 7) is 2.66. The average molecular weight is 380 g/mol. The second-order valence-corrected chi connectivity index (χ2v) is 6.52. The minimum absolute atomic E-state index is 0.0943. The molecule has 0 aliphatic carbocycles. The molecule has 1 fully saturated rings. The molecule has 0 spiro atoms. The van der Waals surface area contributed by atoms with Crippen molar-refractivity contribution in [3.8, 4) is 0 Å². The van der Waals surface area contributed by atoms with Gasteiger partial charge < -0.3 is 9.64 Å². The van der Waals surface area contributed by atoms with Gasteiger partial charge in [-0.2, -0.15) is 0 Å². The van der Waals surface area contributed by atoms with E-state index in [0.29, 0.717) is 26.3 Å². The van der Waals surface area contributed by atoms with Gasteiger partial charge in [0.05, 0.1) is 18.7 Å². The molecule has 3 aromatic rings. The number of pyridine rings is 1. The lowest BCUT2D eigenvalue weighted by Gasteiger charge is -2.29. The Balaban J connectivity index is 1.70. The summed E-state index contributed by atoms with van der Waals surface area (Å²) >= 11 is 0. The predicted molar refractivity (Wildman–Crippen MR) is 104 cm³/mol. The number of para-hydroxylation sites is 1. The molecule has 0 bridgehead atoms. The van der Waals surface area contributed by atoms with Crippen LogP contribution in [0.25, 0.3) is 17.0 Å². The molecule has 4 rings (SSSR count). The van der Waals surface area contributed by atoms with Gasteiger partial charge in [-0.25, -0.2) is 13.8 Å². The van der Waals surface area contributed by atoms with E-state index in [4.69, 9.17) is 9.72 Å². The molecule has 0 unspecified atom stereocenters. The van der Waals surface area contributed by atoms with Crippen LogP contribution < -0.4 is 4.90 Å². The van der Waals surface area contributed by atoms with Crippen LogP contribution in [0.3, 0.4) is 0 Å². The van der Waals surface area contributed by atoms with Crippen LogP contribution >= 0.6 is 0 Å². The zero-order chi connectivity index (χ0) is 19.5. The fourth-order valence-corrected chi connectivity index (χ4v) is 3.18. The van der Waals surface area contributed by atoms with Gasteiger partial charge in [0.2, 0.25) is 0 Å². The number of aromatic nitrogens is 1. The first kappa shape index (κ1) is 18.3. The monoisotopic (exact) mass is 380 g/mol. The lowest BCUT2D eigenvalue weighted by Crippen LogP contribution is -2.37. The molecule has 1 aliphatic rings. The molecule has 2 aromatic carbocycles. The summed E-state index contributed by atoms with van der Waals surface area (Å²) in [5, 5.41) is 0.958. The number of allylic oxidation sites excluding steroid dienone is 1. The van der Waals surface area contributed by atoms with Gasteiger partial charge in [-0.1, -0.05) is 18.2 Å². The van der Waals surface area contributed by atoms with Gasteiger partial charge >= 0.3 is 0 Å². The van der Waals surface area contributed by atoms with Crippen LogP contribution in [0, 0.1) is 11.6 Å².